The molecular formula is C18H23N3O3S. The highest BCUT2D eigenvalue weighted by atomic mass is 32.1. The van der Waals surface area contributed by atoms with Gasteiger partial charge in [-0.05, 0) is 31.5 Å². The number of hydrogen-bond acceptors (Lipinski definition) is 5. The number of nitrogens with one attached hydrogen (secondary N) is 1. The monoisotopic (exact) mass is 361 g/mol. The number of amides is 2. The first-order valence-electron chi connectivity index (χ1n) is 8.72. The van der Waals surface area contributed by atoms with Gasteiger partial charge < -0.3 is 15.0 Å². The number of rotatable bonds is 7. The van der Waals surface area contributed by atoms with E-state index in [0.717, 1.165) is 35.4 Å². The molecule has 1 aliphatic heterocycles. The molecule has 0 unspecified atom stereocenters. The molecule has 0 spiro atoms. The van der Waals surface area contributed by atoms with E-state index in [0.29, 0.717) is 18.3 Å². The Labute approximate surface area is 151 Å². The Kier molecular flexibility index (Phi) is 5.53. The largest absolute Gasteiger partial charge is 0.494 e. The molecule has 1 aliphatic rings. The van der Waals surface area contributed by atoms with Gasteiger partial charge in [0.1, 0.15) is 5.75 Å². The number of carbonyl (C=O) groups excluding carboxylic acids is 2. The molecule has 1 saturated heterocycles. The molecule has 1 atom stereocenters. The van der Waals surface area contributed by atoms with Gasteiger partial charge in [0.05, 0.1) is 22.7 Å². The van der Waals surface area contributed by atoms with Crippen molar-refractivity contribution in [3.8, 4) is 5.75 Å². The molecule has 3 rings (SSSR count). The molecule has 25 heavy (non-hydrogen) atoms. The maximum absolute atomic E-state index is 12.5. The molecule has 1 fully saturated rings. The van der Waals surface area contributed by atoms with Crippen LogP contribution in [0.4, 0.5) is 5.13 Å². The van der Waals surface area contributed by atoms with Crippen LogP contribution in [0.25, 0.3) is 10.2 Å². The fourth-order valence-corrected chi connectivity index (χ4v) is 3.83. The highest BCUT2D eigenvalue weighted by Gasteiger charge is 2.34. The SMILES string of the molecule is CCCCN1C[C@H](C(=O)Nc2nc3ccc(OCC)cc3s2)CC1=O. The molecule has 7 heteroatoms. The second-order valence-electron chi connectivity index (χ2n) is 6.17. The highest BCUT2D eigenvalue weighted by molar-refractivity contribution is 7.22. The van der Waals surface area contributed by atoms with E-state index in [9.17, 15) is 9.59 Å². The van der Waals surface area contributed by atoms with Crippen LogP contribution in [0.15, 0.2) is 18.2 Å². The van der Waals surface area contributed by atoms with Gasteiger partial charge in [-0.2, -0.15) is 0 Å². The number of ether oxygens (including phenoxy) is 1. The minimum absolute atomic E-state index is 0.0688. The highest BCUT2D eigenvalue weighted by Crippen LogP contribution is 2.30. The lowest BCUT2D eigenvalue weighted by atomic mass is 10.1. The molecule has 2 heterocycles. The average Bonchev–Trinajstić information content (AvgIpc) is 3.15. The number of aromatic nitrogens is 1. The number of unbranched alkanes of at least 4 members (excludes halogenated alkanes) is 1. The maximum atomic E-state index is 12.5. The van der Waals surface area contributed by atoms with Gasteiger partial charge >= 0.3 is 0 Å². The first-order valence-corrected chi connectivity index (χ1v) is 9.54. The van der Waals surface area contributed by atoms with Crippen LogP contribution in [0, 0.1) is 5.92 Å². The summed E-state index contributed by atoms with van der Waals surface area (Å²) in [6.07, 6.45) is 2.30. The fourth-order valence-electron chi connectivity index (χ4n) is 2.94. The third kappa shape index (κ3) is 4.10. The van der Waals surface area contributed by atoms with Gasteiger partial charge in [0, 0.05) is 19.5 Å². The molecule has 0 radical (unpaired) electrons. The van der Waals surface area contributed by atoms with Crippen molar-refractivity contribution in [2.24, 2.45) is 5.92 Å². The Balaban J connectivity index is 1.65. The van der Waals surface area contributed by atoms with E-state index in [4.69, 9.17) is 4.74 Å². The van der Waals surface area contributed by atoms with Crippen LogP contribution >= 0.6 is 11.3 Å². The van der Waals surface area contributed by atoms with Gasteiger partial charge in [-0.25, -0.2) is 4.98 Å². The van der Waals surface area contributed by atoms with Crippen molar-refractivity contribution in [2.75, 3.05) is 25.0 Å². The second-order valence-corrected chi connectivity index (χ2v) is 7.20. The second kappa shape index (κ2) is 7.82. The lowest BCUT2D eigenvalue weighted by Gasteiger charge is -2.15. The summed E-state index contributed by atoms with van der Waals surface area (Å²) in [5.41, 5.74) is 0.829. The zero-order chi connectivity index (χ0) is 17.8. The standard InChI is InChI=1S/C18H23N3O3S/c1-3-5-8-21-11-12(9-16(21)22)17(23)20-18-19-14-7-6-13(24-4-2)10-15(14)25-18/h6-7,10,12H,3-5,8-9,11H2,1-2H3,(H,19,20,23)/t12-/m1/s1. The lowest BCUT2D eigenvalue weighted by Crippen LogP contribution is -2.29. The van der Waals surface area contributed by atoms with Crippen molar-refractivity contribution in [3.63, 3.8) is 0 Å². The van der Waals surface area contributed by atoms with E-state index in [1.165, 1.54) is 11.3 Å². The zero-order valence-electron chi connectivity index (χ0n) is 14.6. The third-order valence-corrected chi connectivity index (χ3v) is 5.20. The Bertz CT molecular complexity index is 774. The average molecular weight is 361 g/mol. The molecular weight excluding hydrogens is 338 g/mol. The van der Waals surface area contributed by atoms with Crippen molar-refractivity contribution < 1.29 is 14.3 Å². The van der Waals surface area contributed by atoms with Crippen molar-refractivity contribution >= 4 is 38.5 Å². The van der Waals surface area contributed by atoms with Crippen molar-refractivity contribution in [3.05, 3.63) is 18.2 Å². The summed E-state index contributed by atoms with van der Waals surface area (Å²) < 4.78 is 6.46. The van der Waals surface area contributed by atoms with Gasteiger partial charge in [0.2, 0.25) is 11.8 Å². The maximum Gasteiger partial charge on any atom is 0.231 e. The van der Waals surface area contributed by atoms with E-state index in [1.807, 2.05) is 25.1 Å². The summed E-state index contributed by atoms with van der Waals surface area (Å²) in [6, 6.07) is 5.69. The summed E-state index contributed by atoms with van der Waals surface area (Å²) >= 11 is 1.42. The van der Waals surface area contributed by atoms with E-state index in [1.54, 1.807) is 4.90 Å². The van der Waals surface area contributed by atoms with Crippen molar-refractivity contribution in [1.29, 1.82) is 0 Å². The summed E-state index contributed by atoms with van der Waals surface area (Å²) in [5.74, 6) is 0.440. The fraction of sp³-hybridized carbons (Fsp3) is 0.500. The number of thiazole rings is 1. The molecule has 134 valence electrons. The first kappa shape index (κ1) is 17.7. The molecule has 2 amide bonds. The van der Waals surface area contributed by atoms with Crippen molar-refractivity contribution in [1.82, 2.24) is 9.88 Å². The predicted octanol–water partition coefficient (Wildman–Crippen LogP) is 3.28. The van der Waals surface area contributed by atoms with Crippen LogP contribution in [-0.4, -0.2) is 41.4 Å². The molecule has 6 nitrogen and oxygen atoms in total. The summed E-state index contributed by atoms with van der Waals surface area (Å²) in [5, 5.41) is 3.43. The Morgan fingerprint density at radius 1 is 1.44 bits per heavy atom. The van der Waals surface area contributed by atoms with Gasteiger partial charge in [-0.3, -0.25) is 9.59 Å². The van der Waals surface area contributed by atoms with Crippen LogP contribution in [0.2, 0.25) is 0 Å². The third-order valence-electron chi connectivity index (χ3n) is 4.27. The number of nitrogens with zero attached hydrogens (tertiary/aromatic N) is 2. The molecule has 2 aromatic rings. The normalized spacial score (nSPS) is 17.3. The minimum atomic E-state index is -0.296. The van der Waals surface area contributed by atoms with Gasteiger partial charge in [-0.15, -0.1) is 0 Å². The predicted molar refractivity (Wildman–Crippen MR) is 99.0 cm³/mol. The van der Waals surface area contributed by atoms with Gasteiger partial charge in [0.15, 0.2) is 5.13 Å². The van der Waals surface area contributed by atoms with Gasteiger partial charge in [0.25, 0.3) is 0 Å². The van der Waals surface area contributed by atoms with Crippen LogP contribution in [0.1, 0.15) is 33.1 Å². The Morgan fingerprint density at radius 3 is 3.04 bits per heavy atom. The van der Waals surface area contributed by atoms with E-state index in [-0.39, 0.29) is 24.2 Å². The molecule has 0 bridgehead atoms. The molecule has 1 N–H and O–H groups in total. The van der Waals surface area contributed by atoms with Crippen LogP contribution < -0.4 is 10.1 Å². The number of anilines is 1. The van der Waals surface area contributed by atoms with E-state index < -0.39 is 0 Å². The smallest absolute Gasteiger partial charge is 0.231 e. The molecule has 1 aromatic carbocycles. The molecule has 0 aliphatic carbocycles. The number of fused-ring (bicyclic) bond motifs is 1. The van der Waals surface area contributed by atoms with Crippen LogP contribution in [-0.2, 0) is 9.59 Å². The Morgan fingerprint density at radius 2 is 2.28 bits per heavy atom. The summed E-state index contributed by atoms with van der Waals surface area (Å²) in [4.78, 5) is 30.7. The Hall–Kier alpha value is -2.15. The number of benzene rings is 1. The van der Waals surface area contributed by atoms with Crippen molar-refractivity contribution in [2.45, 2.75) is 33.1 Å². The lowest BCUT2D eigenvalue weighted by molar-refractivity contribution is -0.128. The van der Waals surface area contributed by atoms with E-state index >= 15 is 0 Å². The first-order chi connectivity index (χ1) is 12.1. The number of carbonyl (C=O) groups is 2. The van der Waals surface area contributed by atoms with Gasteiger partial charge in [-0.1, -0.05) is 24.7 Å². The van der Waals surface area contributed by atoms with Crippen LogP contribution in [0.5, 0.6) is 5.75 Å². The molecule has 0 saturated carbocycles. The van der Waals surface area contributed by atoms with Crippen LogP contribution in [0.3, 0.4) is 0 Å². The number of hydrogen-bond donors (Lipinski definition) is 1. The van der Waals surface area contributed by atoms with E-state index in [2.05, 4.69) is 17.2 Å². The quantitative estimate of drug-likeness (QED) is 0.821. The molecule has 1 aromatic heterocycles. The number of likely N-dealkylation sites (tertiary alicyclic amines) is 1. The summed E-state index contributed by atoms with van der Waals surface area (Å²) in [6.45, 7) is 5.88. The summed E-state index contributed by atoms with van der Waals surface area (Å²) in [7, 11) is 0. The zero-order valence-corrected chi connectivity index (χ0v) is 15.4. The topological polar surface area (TPSA) is 71.5 Å². The minimum Gasteiger partial charge on any atom is -0.494 e.